The van der Waals surface area contributed by atoms with E-state index in [-0.39, 0.29) is 63.0 Å². The van der Waals surface area contributed by atoms with E-state index in [2.05, 4.69) is 21.3 Å². The molecule has 12 amide bonds. The maximum absolute atomic E-state index is 15.5. The number of aliphatic hydroxyl groups excluding tert-OH is 2. The van der Waals surface area contributed by atoms with Crippen molar-refractivity contribution in [2.24, 2.45) is 17.8 Å². The van der Waals surface area contributed by atoms with Gasteiger partial charge in [-0.25, -0.2) is 0 Å². The third kappa shape index (κ3) is 28.1. The Bertz CT molecular complexity index is 3240. The number of carbonyl (C=O) groups is 12. The van der Waals surface area contributed by atoms with Crippen LogP contribution in [0.2, 0.25) is 5.02 Å². The molecule has 2 aliphatic rings. The molecule has 29 heteroatoms. The Morgan fingerprint density at radius 2 is 1.03 bits per heavy atom. The normalized spacial score (nSPS) is 24.2. The summed E-state index contributed by atoms with van der Waals surface area (Å²) in [6.45, 7) is 18.8. The molecular weight excluding hydrogens is 1370 g/mol. The van der Waals surface area contributed by atoms with Gasteiger partial charge in [-0.1, -0.05) is 109 Å². The van der Waals surface area contributed by atoms with Crippen LogP contribution >= 0.6 is 11.6 Å². The van der Waals surface area contributed by atoms with Gasteiger partial charge in [0, 0.05) is 79.8 Å². The summed E-state index contributed by atoms with van der Waals surface area (Å²) in [5, 5.41) is 33.2. The van der Waals surface area contributed by atoms with Gasteiger partial charge in [0.25, 0.3) is 0 Å². The Kier molecular flexibility index (Phi) is 36.3. The molecule has 0 spiro atoms. The number of unbranched alkanes of at least 4 members (excludes halogenated alkanes) is 1. The third-order valence-electron chi connectivity index (χ3n) is 18.8. The van der Waals surface area contributed by atoms with Crippen LogP contribution in [-0.2, 0) is 79.8 Å². The first-order chi connectivity index (χ1) is 49.2. The molecule has 0 aliphatic carbocycles. The number of halogens is 1. The van der Waals surface area contributed by atoms with Gasteiger partial charge in [0.15, 0.2) is 0 Å². The summed E-state index contributed by atoms with van der Waals surface area (Å²) in [5.41, 5.74) is 0.241. The second-order valence-electron chi connectivity index (χ2n) is 30.5. The molecule has 28 nitrogen and oxygen atoms in total. The van der Waals surface area contributed by atoms with Crippen molar-refractivity contribution < 1.29 is 77.2 Å². The van der Waals surface area contributed by atoms with E-state index in [1.807, 2.05) is 34.6 Å². The van der Waals surface area contributed by atoms with Gasteiger partial charge in [-0.2, -0.15) is 0 Å². The molecule has 2 saturated heterocycles. The largest absolute Gasteiger partial charge is 0.391 e. The molecule has 588 valence electrons. The van der Waals surface area contributed by atoms with Gasteiger partial charge in [0.2, 0.25) is 70.9 Å². The number of amides is 12. The van der Waals surface area contributed by atoms with E-state index in [9.17, 15) is 29.4 Å². The van der Waals surface area contributed by atoms with Crippen LogP contribution in [0.1, 0.15) is 152 Å². The van der Waals surface area contributed by atoms with Crippen molar-refractivity contribution in [1.29, 1.82) is 0 Å². The van der Waals surface area contributed by atoms with E-state index < -0.39 is 176 Å². The predicted molar refractivity (Wildman–Crippen MR) is 398 cm³/mol. The SMILES string of the molecule is CCCCN1CC(=O)N(C)[C@@H](Cc2ccccc2)C(=O)N(C)[C@@H](CC(C)C)C(=O)N[C@@H](COC(C)(C)C)C(=O)N(C)[C@@H](CC(C)C)C(=O)N[C@H](C(=O)N2CCCCC2)CC(=O)N(C)CC(=O)N(C)[C@@H](Cc2cccc(Cl)c2)C(=O)N[C@@H](COC[C@@H](C)O)C(=O)N(C)[C@@H](CC(C)C)C(=O)N[C@@H]([C@@H](C)O)C1=O. The first-order valence-corrected chi connectivity index (χ1v) is 37.3. The van der Waals surface area contributed by atoms with Crippen LogP contribution in [0.4, 0.5) is 0 Å². The second kappa shape index (κ2) is 42.5. The molecule has 0 bridgehead atoms. The molecule has 2 fully saturated rings. The number of hydrogen-bond acceptors (Lipinski definition) is 16. The molecule has 0 radical (unpaired) electrons. The van der Waals surface area contributed by atoms with Crippen molar-refractivity contribution in [3.8, 4) is 0 Å². The average Bonchev–Trinajstić information content (AvgIpc) is 0.826. The number of ether oxygens (including phenoxy) is 2. The van der Waals surface area contributed by atoms with Crippen molar-refractivity contribution in [2.75, 3.05) is 94.8 Å². The fourth-order valence-electron chi connectivity index (χ4n) is 12.6. The fourth-order valence-corrected chi connectivity index (χ4v) is 12.8. The zero-order chi connectivity index (χ0) is 78.9. The summed E-state index contributed by atoms with van der Waals surface area (Å²) in [4.78, 5) is 190. The zero-order valence-electron chi connectivity index (χ0n) is 65.3. The maximum Gasteiger partial charge on any atom is 0.248 e. The van der Waals surface area contributed by atoms with Crippen molar-refractivity contribution in [3.63, 3.8) is 0 Å². The molecule has 4 rings (SSSR count). The summed E-state index contributed by atoms with van der Waals surface area (Å²) < 4.78 is 12.0. The minimum Gasteiger partial charge on any atom is -0.391 e. The Labute approximate surface area is 626 Å². The number of nitrogens with one attached hydrogen (secondary N) is 4. The molecule has 6 N–H and O–H groups in total. The first-order valence-electron chi connectivity index (χ1n) is 36.9. The standard InChI is InChI=1S/C76H121ClN12O16/c1-19-20-32-89-43-65(94)84(15)62(39-52-28-23-21-24-29-52)74(102)87(18)59(36-48(4)5)68(96)80-57(46-105-76(10,11)12)72(100)85(16)58(35-47(2)3)67(95)78-55(73(101)88-33-25-22-26-34-88)41-63(92)82(13)42-64(93)83(14)61(40-53-30-27-31-54(77)38-53)69(97)79-56(45-104-44-50(8)90)71(99)86(17)60(37-49(6)7)70(98)81-66(51(9)91)75(89)103/h21,23-24,27-31,38,47-51,55-62,66,90-91H,19-20,22,25-26,32-37,39-46H2,1-18H3,(H,78,95)(H,79,97)(H,80,96)(H,81,98)/t50-,51-,55+,56+,57+,58+,59+,60+,61+,62+,66+/m1/s1. The molecule has 2 aliphatic heterocycles. The lowest BCUT2D eigenvalue weighted by Crippen LogP contribution is -2.62. The van der Waals surface area contributed by atoms with Crippen LogP contribution in [-0.4, -0.2) is 287 Å². The third-order valence-corrected chi connectivity index (χ3v) is 19.1. The van der Waals surface area contributed by atoms with Crippen LogP contribution in [0.25, 0.3) is 0 Å². The lowest BCUT2D eigenvalue weighted by molar-refractivity contribution is -0.151. The number of benzene rings is 2. The van der Waals surface area contributed by atoms with Crippen molar-refractivity contribution in [3.05, 3.63) is 70.7 Å². The van der Waals surface area contributed by atoms with Crippen LogP contribution in [0.5, 0.6) is 0 Å². The van der Waals surface area contributed by atoms with Crippen LogP contribution in [0.15, 0.2) is 54.6 Å². The van der Waals surface area contributed by atoms with E-state index in [1.165, 1.54) is 70.8 Å². The summed E-state index contributed by atoms with van der Waals surface area (Å²) in [5.74, 6) is -10.2. The average molecular weight is 1490 g/mol. The highest BCUT2D eigenvalue weighted by molar-refractivity contribution is 6.30. The molecule has 2 aromatic carbocycles. The highest BCUT2D eigenvalue weighted by atomic mass is 35.5. The van der Waals surface area contributed by atoms with E-state index in [0.29, 0.717) is 54.9 Å². The number of carbonyl (C=O) groups excluding carboxylic acids is 12. The van der Waals surface area contributed by atoms with Crippen LogP contribution < -0.4 is 21.3 Å². The summed E-state index contributed by atoms with van der Waals surface area (Å²) >= 11 is 6.46. The molecule has 2 heterocycles. The Hall–Kier alpha value is -7.79. The number of hydrogen-bond donors (Lipinski definition) is 6. The smallest absolute Gasteiger partial charge is 0.248 e. The van der Waals surface area contributed by atoms with Crippen LogP contribution in [0.3, 0.4) is 0 Å². The number of likely N-dealkylation sites (tertiary alicyclic amines) is 1. The van der Waals surface area contributed by atoms with E-state index in [1.54, 1.807) is 94.1 Å². The van der Waals surface area contributed by atoms with Gasteiger partial charge in [-0.05, 0) is 121 Å². The molecule has 0 saturated carbocycles. The Morgan fingerprint density at radius 3 is 1.53 bits per heavy atom. The summed E-state index contributed by atoms with van der Waals surface area (Å²) in [6.07, 6.45) is -0.479. The second-order valence-corrected chi connectivity index (χ2v) is 31.0. The zero-order valence-corrected chi connectivity index (χ0v) is 66.0. The number of rotatable bonds is 21. The molecular formula is C76H121ClN12O16. The lowest BCUT2D eigenvalue weighted by atomic mass is 9.98. The molecule has 0 unspecified atom stereocenters. The number of nitrogens with zero attached hydrogens (tertiary/aromatic N) is 8. The minimum atomic E-state index is -1.72. The van der Waals surface area contributed by atoms with E-state index >= 15 is 38.4 Å². The monoisotopic (exact) mass is 1490 g/mol. The van der Waals surface area contributed by atoms with Crippen molar-refractivity contribution in [2.45, 2.75) is 226 Å². The van der Waals surface area contributed by atoms with Crippen LogP contribution in [0, 0.1) is 17.8 Å². The summed E-state index contributed by atoms with van der Waals surface area (Å²) in [7, 11) is 8.16. The lowest BCUT2D eigenvalue weighted by Gasteiger charge is -2.38. The van der Waals surface area contributed by atoms with Gasteiger partial charge in [0.1, 0.15) is 54.4 Å². The van der Waals surface area contributed by atoms with Gasteiger partial charge in [-0.15, -0.1) is 0 Å². The summed E-state index contributed by atoms with van der Waals surface area (Å²) in [6, 6.07) is 2.16. The maximum atomic E-state index is 15.5. The highest BCUT2D eigenvalue weighted by Crippen LogP contribution is 2.23. The predicted octanol–water partition coefficient (Wildman–Crippen LogP) is 3.43. The number of piperidine rings is 1. The molecule has 11 atom stereocenters. The van der Waals surface area contributed by atoms with Crippen molar-refractivity contribution in [1.82, 2.24) is 60.5 Å². The fraction of sp³-hybridized carbons (Fsp3) is 0.684. The minimum absolute atomic E-state index is 0.0293. The van der Waals surface area contributed by atoms with E-state index in [0.717, 1.165) is 26.0 Å². The van der Waals surface area contributed by atoms with Gasteiger partial charge >= 0.3 is 0 Å². The highest BCUT2D eigenvalue weighted by Gasteiger charge is 2.44. The molecule has 0 aromatic heterocycles. The van der Waals surface area contributed by atoms with Crippen molar-refractivity contribution >= 4 is 82.5 Å². The van der Waals surface area contributed by atoms with E-state index in [4.69, 9.17) is 21.1 Å². The molecule has 105 heavy (non-hydrogen) atoms. The Morgan fingerprint density at radius 1 is 0.552 bits per heavy atom. The Balaban J connectivity index is 2.02. The number of likely N-dealkylation sites (N-methyl/N-ethyl adjacent to an activating group) is 6. The quantitative estimate of drug-likeness (QED) is 0.104. The first kappa shape index (κ1) is 89.6. The van der Waals surface area contributed by atoms with Gasteiger partial charge in [-0.3, -0.25) is 57.5 Å². The molecule has 2 aromatic rings. The number of aliphatic hydroxyl groups is 2. The van der Waals surface area contributed by atoms with Gasteiger partial charge in [0.05, 0.1) is 57.1 Å². The van der Waals surface area contributed by atoms with Gasteiger partial charge < -0.3 is 80.2 Å². The topological polar surface area (TPSA) is 338 Å².